The molecule has 3 nitrogen and oxygen atoms in total. The number of rotatable bonds is 4. The maximum absolute atomic E-state index is 10.7. The number of carbonyl (C=O) groups excluding carboxylic acids is 1. The first-order chi connectivity index (χ1) is 4.81. The molecule has 10 heavy (non-hydrogen) atoms. The minimum atomic E-state index is -0.0299. The monoisotopic (exact) mass is 142 g/mol. The molecular formula is C7H14N2O. The van der Waals surface area contributed by atoms with Crippen molar-refractivity contribution in [3.8, 4) is 0 Å². The lowest BCUT2D eigenvalue weighted by Gasteiger charge is -1.93. The summed E-state index contributed by atoms with van der Waals surface area (Å²) in [7, 11) is 1.84. The van der Waals surface area contributed by atoms with Crippen LogP contribution in [0.15, 0.2) is 12.2 Å². The lowest BCUT2D eigenvalue weighted by molar-refractivity contribution is -0.116. The smallest absolute Gasteiger partial charge is 0.243 e. The number of amides is 1. The normalized spacial score (nSPS) is 10.2. The van der Waals surface area contributed by atoms with Gasteiger partial charge in [0.2, 0.25) is 5.91 Å². The molecule has 0 atom stereocenters. The van der Waals surface area contributed by atoms with Crippen molar-refractivity contribution in [2.24, 2.45) is 0 Å². The first kappa shape index (κ1) is 9.17. The summed E-state index contributed by atoms with van der Waals surface area (Å²) < 4.78 is 0. The molecule has 2 N–H and O–H groups in total. The second-order valence-corrected chi connectivity index (χ2v) is 1.85. The highest BCUT2D eigenvalue weighted by Gasteiger charge is 1.87. The zero-order valence-electron chi connectivity index (χ0n) is 6.48. The van der Waals surface area contributed by atoms with E-state index in [-0.39, 0.29) is 5.91 Å². The third-order valence-corrected chi connectivity index (χ3v) is 0.942. The largest absolute Gasteiger partial charge is 0.353 e. The van der Waals surface area contributed by atoms with E-state index in [4.69, 9.17) is 0 Å². The molecule has 0 fully saturated rings. The van der Waals surface area contributed by atoms with Crippen LogP contribution >= 0.6 is 0 Å². The fourth-order valence-corrected chi connectivity index (χ4v) is 0.517. The summed E-state index contributed by atoms with van der Waals surface area (Å²) in [4.78, 5) is 10.7. The highest BCUT2D eigenvalue weighted by Crippen LogP contribution is 1.70. The fourth-order valence-electron chi connectivity index (χ4n) is 0.517. The average Bonchev–Trinajstić information content (AvgIpc) is 1.89. The van der Waals surface area contributed by atoms with Gasteiger partial charge in [-0.05, 0) is 14.0 Å². The van der Waals surface area contributed by atoms with E-state index < -0.39 is 0 Å². The topological polar surface area (TPSA) is 41.1 Å². The van der Waals surface area contributed by atoms with Crippen molar-refractivity contribution in [3.05, 3.63) is 12.2 Å². The Morgan fingerprint density at radius 3 is 2.80 bits per heavy atom. The molecule has 0 aromatic rings. The highest BCUT2D eigenvalue weighted by molar-refractivity contribution is 5.87. The van der Waals surface area contributed by atoms with Crippen molar-refractivity contribution in [2.75, 3.05) is 20.1 Å². The van der Waals surface area contributed by atoms with Gasteiger partial charge in [0.1, 0.15) is 0 Å². The highest BCUT2D eigenvalue weighted by atomic mass is 16.1. The molecule has 0 bridgehead atoms. The Labute approximate surface area is 61.5 Å². The van der Waals surface area contributed by atoms with Crippen LogP contribution < -0.4 is 10.6 Å². The molecule has 58 valence electrons. The van der Waals surface area contributed by atoms with Crippen LogP contribution in [0.25, 0.3) is 0 Å². The SMILES string of the molecule is CCNC(=O)/C=C/CNC. The molecule has 0 spiro atoms. The number of likely N-dealkylation sites (N-methyl/N-ethyl adjacent to an activating group) is 2. The van der Waals surface area contributed by atoms with Crippen LogP contribution in [0.5, 0.6) is 0 Å². The first-order valence-corrected chi connectivity index (χ1v) is 3.40. The van der Waals surface area contributed by atoms with E-state index in [9.17, 15) is 4.79 Å². The minimum absolute atomic E-state index is 0.0299. The number of hydrogen-bond donors (Lipinski definition) is 2. The third kappa shape index (κ3) is 5.31. The van der Waals surface area contributed by atoms with Gasteiger partial charge in [-0.1, -0.05) is 6.08 Å². The zero-order chi connectivity index (χ0) is 7.82. The summed E-state index contributed by atoms with van der Waals surface area (Å²) in [5.74, 6) is -0.0299. The van der Waals surface area contributed by atoms with Gasteiger partial charge in [-0.15, -0.1) is 0 Å². The van der Waals surface area contributed by atoms with Gasteiger partial charge in [-0.3, -0.25) is 4.79 Å². The molecule has 0 heterocycles. The lowest BCUT2D eigenvalue weighted by Crippen LogP contribution is -2.20. The van der Waals surface area contributed by atoms with Gasteiger partial charge >= 0.3 is 0 Å². The molecule has 0 aliphatic carbocycles. The minimum Gasteiger partial charge on any atom is -0.353 e. The summed E-state index contributed by atoms with van der Waals surface area (Å²) >= 11 is 0. The summed E-state index contributed by atoms with van der Waals surface area (Å²) in [6.45, 7) is 3.31. The Morgan fingerprint density at radius 1 is 1.60 bits per heavy atom. The Morgan fingerprint density at radius 2 is 2.30 bits per heavy atom. The quantitative estimate of drug-likeness (QED) is 0.538. The van der Waals surface area contributed by atoms with Gasteiger partial charge in [-0.25, -0.2) is 0 Å². The Bertz CT molecular complexity index is 121. The maximum Gasteiger partial charge on any atom is 0.243 e. The molecule has 3 heteroatoms. The van der Waals surface area contributed by atoms with Crippen molar-refractivity contribution >= 4 is 5.91 Å². The van der Waals surface area contributed by atoms with Crippen molar-refractivity contribution < 1.29 is 4.79 Å². The molecule has 0 aromatic carbocycles. The molecule has 0 radical (unpaired) electrons. The van der Waals surface area contributed by atoms with Gasteiger partial charge in [0.15, 0.2) is 0 Å². The van der Waals surface area contributed by atoms with Gasteiger partial charge in [0.25, 0.3) is 0 Å². The Balaban J connectivity index is 3.36. The second-order valence-electron chi connectivity index (χ2n) is 1.85. The number of carbonyl (C=O) groups is 1. The van der Waals surface area contributed by atoms with Crippen LogP contribution in [-0.2, 0) is 4.79 Å². The fraction of sp³-hybridized carbons (Fsp3) is 0.571. The van der Waals surface area contributed by atoms with Gasteiger partial charge in [0, 0.05) is 19.2 Å². The van der Waals surface area contributed by atoms with Crippen LogP contribution in [0.4, 0.5) is 0 Å². The lowest BCUT2D eigenvalue weighted by atomic mass is 10.4. The molecule has 0 aliphatic heterocycles. The second kappa shape index (κ2) is 6.29. The van der Waals surface area contributed by atoms with Crippen molar-refractivity contribution in [1.29, 1.82) is 0 Å². The maximum atomic E-state index is 10.7. The molecule has 0 rings (SSSR count). The molecule has 0 unspecified atom stereocenters. The number of nitrogens with one attached hydrogen (secondary N) is 2. The van der Waals surface area contributed by atoms with Gasteiger partial charge in [-0.2, -0.15) is 0 Å². The molecule has 0 saturated heterocycles. The summed E-state index contributed by atoms with van der Waals surface area (Å²) in [6, 6.07) is 0. The van der Waals surface area contributed by atoms with E-state index in [0.29, 0.717) is 6.54 Å². The third-order valence-electron chi connectivity index (χ3n) is 0.942. The first-order valence-electron chi connectivity index (χ1n) is 3.40. The van der Waals surface area contributed by atoms with E-state index in [1.165, 1.54) is 6.08 Å². The molecular weight excluding hydrogens is 128 g/mol. The predicted octanol–water partition coefficient (Wildman–Crippen LogP) is -0.102. The van der Waals surface area contributed by atoms with Crippen LogP contribution in [0.3, 0.4) is 0 Å². The van der Waals surface area contributed by atoms with E-state index in [1.54, 1.807) is 6.08 Å². The molecule has 0 saturated carbocycles. The number of hydrogen-bond acceptors (Lipinski definition) is 2. The molecule has 0 aromatic heterocycles. The standard InChI is InChI=1S/C7H14N2O/c1-3-9-7(10)5-4-6-8-2/h4-5,8H,3,6H2,1-2H3,(H,9,10)/b5-4+. The van der Waals surface area contributed by atoms with Crippen molar-refractivity contribution in [1.82, 2.24) is 10.6 Å². The van der Waals surface area contributed by atoms with Crippen LogP contribution in [0.1, 0.15) is 6.92 Å². The Hall–Kier alpha value is -0.830. The van der Waals surface area contributed by atoms with E-state index in [0.717, 1.165) is 6.54 Å². The molecule has 0 aliphatic rings. The summed E-state index contributed by atoms with van der Waals surface area (Å²) in [5, 5.41) is 5.55. The van der Waals surface area contributed by atoms with Gasteiger partial charge in [0.05, 0.1) is 0 Å². The summed E-state index contributed by atoms with van der Waals surface area (Å²) in [6.07, 6.45) is 3.31. The van der Waals surface area contributed by atoms with E-state index in [2.05, 4.69) is 10.6 Å². The Kier molecular flexibility index (Phi) is 5.77. The van der Waals surface area contributed by atoms with Crippen LogP contribution in [0, 0.1) is 0 Å². The van der Waals surface area contributed by atoms with E-state index in [1.807, 2.05) is 14.0 Å². The van der Waals surface area contributed by atoms with Crippen LogP contribution in [0.2, 0.25) is 0 Å². The van der Waals surface area contributed by atoms with Crippen LogP contribution in [-0.4, -0.2) is 26.0 Å². The van der Waals surface area contributed by atoms with Crippen molar-refractivity contribution in [2.45, 2.75) is 6.92 Å². The zero-order valence-corrected chi connectivity index (χ0v) is 6.48. The van der Waals surface area contributed by atoms with Gasteiger partial charge < -0.3 is 10.6 Å². The van der Waals surface area contributed by atoms with Crippen molar-refractivity contribution in [3.63, 3.8) is 0 Å². The molecule has 1 amide bonds. The predicted molar refractivity (Wildman–Crippen MR) is 41.8 cm³/mol. The average molecular weight is 142 g/mol. The van der Waals surface area contributed by atoms with E-state index >= 15 is 0 Å². The summed E-state index contributed by atoms with van der Waals surface area (Å²) in [5.41, 5.74) is 0.